The van der Waals surface area contributed by atoms with Crippen LogP contribution < -0.4 is 5.32 Å². The summed E-state index contributed by atoms with van der Waals surface area (Å²) < 4.78 is 0. The van der Waals surface area contributed by atoms with E-state index < -0.39 is 0 Å². The van der Waals surface area contributed by atoms with E-state index in [0.29, 0.717) is 6.04 Å². The van der Waals surface area contributed by atoms with Crippen LogP contribution >= 0.6 is 0 Å². The maximum Gasteiger partial charge on any atom is 0.00728 e. The van der Waals surface area contributed by atoms with E-state index >= 15 is 0 Å². The van der Waals surface area contributed by atoms with Crippen LogP contribution in [-0.4, -0.2) is 12.6 Å². The Morgan fingerprint density at radius 3 is 2.45 bits per heavy atom. The molecule has 1 rings (SSSR count). The molecule has 20 heavy (non-hydrogen) atoms. The molecule has 0 aliphatic carbocycles. The molecule has 0 aliphatic heterocycles. The number of hydrogen-bond acceptors (Lipinski definition) is 1. The molecular formula is C19H33N. The summed E-state index contributed by atoms with van der Waals surface area (Å²) in [5.74, 6) is 0.877. The highest BCUT2D eigenvalue weighted by Crippen LogP contribution is 2.18. The molecule has 0 aliphatic rings. The van der Waals surface area contributed by atoms with Gasteiger partial charge in [0.2, 0.25) is 0 Å². The number of benzene rings is 1. The Bertz CT molecular complexity index is 355. The van der Waals surface area contributed by atoms with Gasteiger partial charge >= 0.3 is 0 Å². The molecule has 0 saturated carbocycles. The molecule has 0 bridgehead atoms. The molecule has 114 valence electrons. The first kappa shape index (κ1) is 17.2. The van der Waals surface area contributed by atoms with Gasteiger partial charge in [-0.15, -0.1) is 0 Å². The van der Waals surface area contributed by atoms with Gasteiger partial charge in [-0.3, -0.25) is 0 Å². The summed E-state index contributed by atoms with van der Waals surface area (Å²) in [4.78, 5) is 0. The second kappa shape index (κ2) is 9.99. The highest BCUT2D eigenvalue weighted by Gasteiger charge is 2.13. The van der Waals surface area contributed by atoms with Gasteiger partial charge in [0, 0.05) is 6.04 Å². The van der Waals surface area contributed by atoms with Crippen molar-refractivity contribution in [3.8, 4) is 0 Å². The summed E-state index contributed by atoms with van der Waals surface area (Å²) in [6.07, 6.45) is 7.64. The zero-order valence-corrected chi connectivity index (χ0v) is 13.9. The number of aryl methyl sites for hydroxylation is 2. The summed E-state index contributed by atoms with van der Waals surface area (Å²) in [6, 6.07) is 9.63. The molecule has 1 nitrogen and oxygen atoms in total. The van der Waals surface area contributed by atoms with Gasteiger partial charge in [-0.25, -0.2) is 0 Å². The molecular weight excluding hydrogens is 242 g/mol. The lowest BCUT2D eigenvalue weighted by Gasteiger charge is -2.23. The predicted molar refractivity (Wildman–Crippen MR) is 90.3 cm³/mol. The van der Waals surface area contributed by atoms with Gasteiger partial charge in [0.05, 0.1) is 0 Å². The molecule has 1 unspecified atom stereocenters. The fraction of sp³-hybridized carbons (Fsp3) is 0.684. The van der Waals surface area contributed by atoms with Crippen LogP contribution in [0, 0.1) is 12.8 Å². The summed E-state index contributed by atoms with van der Waals surface area (Å²) in [5, 5.41) is 3.75. The number of rotatable bonds is 10. The second-order valence-electron chi connectivity index (χ2n) is 6.10. The van der Waals surface area contributed by atoms with Crippen LogP contribution in [0.1, 0.15) is 64.0 Å². The Morgan fingerprint density at radius 1 is 1.10 bits per heavy atom. The first-order valence-corrected chi connectivity index (χ1v) is 8.48. The van der Waals surface area contributed by atoms with Crippen molar-refractivity contribution in [3.63, 3.8) is 0 Å². The zero-order chi connectivity index (χ0) is 14.8. The first-order chi connectivity index (χ1) is 9.69. The molecule has 0 fully saturated rings. The minimum absolute atomic E-state index is 0.681. The Kier molecular flexibility index (Phi) is 8.60. The van der Waals surface area contributed by atoms with Gasteiger partial charge in [0.1, 0.15) is 0 Å². The molecule has 0 heterocycles. The smallest absolute Gasteiger partial charge is 0.00728 e. The summed E-state index contributed by atoms with van der Waals surface area (Å²) >= 11 is 0. The van der Waals surface area contributed by atoms with Crippen molar-refractivity contribution in [2.45, 2.75) is 72.3 Å². The number of nitrogens with one attached hydrogen (secondary N) is 1. The third kappa shape index (κ3) is 6.56. The standard InChI is InChI=1S/C19H33N/c1-5-13-20-19(15-17(6-2)7-3)12-11-18-10-8-9-16(4)14-18/h8-10,14,17,19-20H,5-7,11-13,15H2,1-4H3. The maximum atomic E-state index is 3.75. The van der Waals surface area contributed by atoms with Crippen LogP contribution in [0.15, 0.2) is 24.3 Å². The van der Waals surface area contributed by atoms with Crippen molar-refractivity contribution in [1.82, 2.24) is 5.32 Å². The Labute approximate surface area is 126 Å². The van der Waals surface area contributed by atoms with E-state index in [-0.39, 0.29) is 0 Å². The molecule has 1 heteroatoms. The minimum atomic E-state index is 0.681. The van der Waals surface area contributed by atoms with E-state index in [4.69, 9.17) is 0 Å². The molecule has 1 atom stereocenters. The van der Waals surface area contributed by atoms with Gasteiger partial charge in [-0.2, -0.15) is 0 Å². The molecule has 0 spiro atoms. The Hall–Kier alpha value is -0.820. The lowest BCUT2D eigenvalue weighted by atomic mass is 9.91. The fourth-order valence-corrected chi connectivity index (χ4v) is 2.88. The molecule has 0 amide bonds. The third-order valence-corrected chi connectivity index (χ3v) is 4.32. The topological polar surface area (TPSA) is 12.0 Å². The SMILES string of the molecule is CCCNC(CCc1cccc(C)c1)CC(CC)CC. The molecule has 0 aromatic heterocycles. The molecule has 0 radical (unpaired) electrons. The van der Waals surface area contributed by atoms with Gasteiger partial charge in [-0.05, 0) is 50.6 Å². The minimum Gasteiger partial charge on any atom is -0.314 e. The van der Waals surface area contributed by atoms with Gasteiger partial charge in [0.15, 0.2) is 0 Å². The predicted octanol–water partition coefficient (Wildman–Crippen LogP) is 5.12. The Balaban J connectivity index is 2.50. The first-order valence-electron chi connectivity index (χ1n) is 8.48. The van der Waals surface area contributed by atoms with Gasteiger partial charge < -0.3 is 5.32 Å². The number of hydrogen-bond donors (Lipinski definition) is 1. The van der Waals surface area contributed by atoms with Crippen LogP contribution in [0.4, 0.5) is 0 Å². The van der Waals surface area contributed by atoms with Gasteiger partial charge in [0.25, 0.3) is 0 Å². The average Bonchev–Trinajstić information content (AvgIpc) is 2.46. The molecule has 1 N–H and O–H groups in total. The summed E-state index contributed by atoms with van der Waals surface area (Å²) in [6.45, 7) is 10.2. The van der Waals surface area contributed by atoms with Crippen LogP contribution in [0.25, 0.3) is 0 Å². The Morgan fingerprint density at radius 2 is 1.85 bits per heavy atom. The van der Waals surface area contributed by atoms with E-state index in [1.807, 2.05) is 0 Å². The lowest BCUT2D eigenvalue weighted by molar-refractivity contribution is 0.352. The summed E-state index contributed by atoms with van der Waals surface area (Å²) in [7, 11) is 0. The maximum absolute atomic E-state index is 3.75. The quantitative estimate of drug-likeness (QED) is 0.625. The van der Waals surface area contributed by atoms with E-state index in [0.717, 1.165) is 12.5 Å². The molecule has 0 saturated heterocycles. The lowest BCUT2D eigenvalue weighted by Crippen LogP contribution is -2.32. The van der Waals surface area contributed by atoms with Crippen molar-refractivity contribution >= 4 is 0 Å². The van der Waals surface area contributed by atoms with Crippen LogP contribution in [0.2, 0.25) is 0 Å². The normalized spacial score (nSPS) is 12.8. The van der Waals surface area contributed by atoms with Crippen molar-refractivity contribution in [2.24, 2.45) is 5.92 Å². The highest BCUT2D eigenvalue weighted by molar-refractivity contribution is 5.22. The van der Waals surface area contributed by atoms with Crippen molar-refractivity contribution in [3.05, 3.63) is 35.4 Å². The van der Waals surface area contributed by atoms with Crippen LogP contribution in [0.3, 0.4) is 0 Å². The largest absolute Gasteiger partial charge is 0.314 e. The van der Waals surface area contributed by atoms with Crippen molar-refractivity contribution in [2.75, 3.05) is 6.54 Å². The zero-order valence-electron chi connectivity index (χ0n) is 13.9. The van der Waals surface area contributed by atoms with Gasteiger partial charge in [-0.1, -0.05) is 63.4 Å². The third-order valence-electron chi connectivity index (χ3n) is 4.32. The summed E-state index contributed by atoms with van der Waals surface area (Å²) in [5.41, 5.74) is 2.86. The average molecular weight is 275 g/mol. The van der Waals surface area contributed by atoms with Crippen LogP contribution in [0.5, 0.6) is 0 Å². The van der Waals surface area contributed by atoms with E-state index in [1.54, 1.807) is 0 Å². The van der Waals surface area contributed by atoms with Crippen LogP contribution in [-0.2, 0) is 6.42 Å². The molecule has 1 aromatic rings. The van der Waals surface area contributed by atoms with Crippen molar-refractivity contribution < 1.29 is 0 Å². The fourth-order valence-electron chi connectivity index (χ4n) is 2.88. The van der Waals surface area contributed by atoms with E-state index in [9.17, 15) is 0 Å². The second-order valence-corrected chi connectivity index (χ2v) is 6.10. The van der Waals surface area contributed by atoms with E-state index in [1.165, 1.54) is 49.7 Å². The molecule has 1 aromatic carbocycles. The van der Waals surface area contributed by atoms with Crippen molar-refractivity contribution in [1.29, 1.82) is 0 Å². The monoisotopic (exact) mass is 275 g/mol. The van der Waals surface area contributed by atoms with E-state index in [2.05, 4.69) is 57.3 Å². The highest BCUT2D eigenvalue weighted by atomic mass is 14.9.